The Hall–Kier alpha value is -1.62. The molecule has 0 amide bonds. The predicted octanol–water partition coefficient (Wildman–Crippen LogP) is 5.51. The Kier molecular flexibility index (Phi) is 6.39. The Morgan fingerprint density at radius 2 is 1.70 bits per heavy atom. The Bertz CT molecular complexity index is 685. The molecule has 0 saturated heterocycles. The predicted molar refractivity (Wildman–Crippen MR) is 104 cm³/mol. The molecule has 0 aromatic heterocycles. The second-order valence-corrected chi connectivity index (χ2v) is 7.10. The lowest BCUT2D eigenvalue weighted by molar-refractivity contribution is -0.133. The molecule has 3 heteroatoms. The van der Waals surface area contributed by atoms with Crippen LogP contribution in [0.25, 0.3) is 5.57 Å². The van der Waals surface area contributed by atoms with E-state index in [1.165, 1.54) is 11.1 Å². The molecule has 0 aliphatic heterocycles. The average molecular weight is 420 g/mol. The van der Waals surface area contributed by atoms with Crippen LogP contribution in [0.15, 0.2) is 54.6 Å². The van der Waals surface area contributed by atoms with Gasteiger partial charge in [-0.1, -0.05) is 77.2 Å². The third-order valence-corrected chi connectivity index (χ3v) is 4.74. The molecule has 23 heavy (non-hydrogen) atoms. The van der Waals surface area contributed by atoms with Gasteiger partial charge in [-0.3, -0.25) is 4.79 Å². The van der Waals surface area contributed by atoms with Crippen molar-refractivity contribution in [3.05, 3.63) is 71.3 Å². The molecular weight excluding hydrogens is 399 g/mol. The summed E-state index contributed by atoms with van der Waals surface area (Å²) in [5.41, 5.74) is 4.32. The summed E-state index contributed by atoms with van der Waals surface area (Å²) in [7, 11) is 0. The van der Waals surface area contributed by atoms with Crippen LogP contribution in [0, 0.1) is 13.8 Å². The SMILES string of the molecule is C/C(=C\CC(I)C(=O)Oc1c(C)cccc1C)c1ccccc1. The summed E-state index contributed by atoms with van der Waals surface area (Å²) in [6.07, 6.45) is 2.75. The van der Waals surface area contributed by atoms with Gasteiger partial charge in [0, 0.05) is 0 Å². The van der Waals surface area contributed by atoms with E-state index in [0.29, 0.717) is 12.2 Å². The summed E-state index contributed by atoms with van der Waals surface area (Å²) < 4.78 is 5.40. The lowest BCUT2D eigenvalue weighted by Crippen LogP contribution is -2.20. The summed E-state index contributed by atoms with van der Waals surface area (Å²) in [6, 6.07) is 16.1. The minimum Gasteiger partial charge on any atom is -0.425 e. The number of carbonyl (C=O) groups excluding carboxylic acids is 1. The molecule has 0 radical (unpaired) electrons. The summed E-state index contributed by atoms with van der Waals surface area (Å²) in [6.45, 7) is 5.98. The van der Waals surface area contributed by atoms with Gasteiger partial charge < -0.3 is 4.74 Å². The van der Waals surface area contributed by atoms with Gasteiger partial charge >= 0.3 is 5.97 Å². The molecule has 0 bridgehead atoms. The fourth-order valence-corrected chi connectivity index (χ4v) is 2.70. The van der Waals surface area contributed by atoms with E-state index >= 15 is 0 Å². The van der Waals surface area contributed by atoms with E-state index in [0.717, 1.165) is 11.1 Å². The van der Waals surface area contributed by atoms with E-state index in [9.17, 15) is 4.79 Å². The van der Waals surface area contributed by atoms with Crippen molar-refractivity contribution in [1.82, 2.24) is 0 Å². The molecule has 0 fully saturated rings. The minimum absolute atomic E-state index is 0.194. The number of hydrogen-bond donors (Lipinski definition) is 0. The van der Waals surface area contributed by atoms with Gasteiger partial charge in [0.2, 0.25) is 0 Å². The summed E-state index contributed by atoms with van der Waals surface area (Å²) >= 11 is 2.15. The van der Waals surface area contributed by atoms with Gasteiger partial charge in [-0.25, -0.2) is 0 Å². The van der Waals surface area contributed by atoms with Gasteiger partial charge in [0.15, 0.2) is 0 Å². The van der Waals surface area contributed by atoms with Gasteiger partial charge in [0.25, 0.3) is 0 Å². The number of halogens is 1. The fraction of sp³-hybridized carbons (Fsp3) is 0.250. The standard InChI is InChI=1S/C20H21IO2/c1-14(17-10-5-4-6-11-17)12-13-18(21)20(22)23-19-15(2)8-7-9-16(19)3/h4-12,18H,13H2,1-3H3/b14-12+. The third kappa shape index (κ3) is 4.93. The van der Waals surface area contributed by atoms with E-state index in [-0.39, 0.29) is 9.89 Å². The lowest BCUT2D eigenvalue weighted by atomic mass is 10.1. The number of para-hydroxylation sites is 1. The van der Waals surface area contributed by atoms with Crippen molar-refractivity contribution in [1.29, 1.82) is 0 Å². The maximum atomic E-state index is 12.3. The van der Waals surface area contributed by atoms with Crippen LogP contribution < -0.4 is 4.74 Å². The second-order valence-electron chi connectivity index (χ2n) is 5.60. The summed E-state index contributed by atoms with van der Waals surface area (Å²) in [4.78, 5) is 12.3. The molecule has 0 N–H and O–H groups in total. The molecule has 0 heterocycles. The number of benzene rings is 2. The maximum absolute atomic E-state index is 12.3. The van der Waals surface area contributed by atoms with Gasteiger partial charge in [0.1, 0.15) is 9.67 Å². The lowest BCUT2D eigenvalue weighted by Gasteiger charge is -2.13. The minimum atomic E-state index is -0.203. The van der Waals surface area contributed by atoms with Crippen molar-refractivity contribution in [2.75, 3.05) is 0 Å². The van der Waals surface area contributed by atoms with E-state index in [2.05, 4.69) is 47.7 Å². The first-order valence-corrected chi connectivity index (χ1v) is 8.87. The van der Waals surface area contributed by atoms with E-state index in [1.807, 2.05) is 50.2 Å². The van der Waals surface area contributed by atoms with Gasteiger partial charge in [-0.05, 0) is 49.5 Å². The first kappa shape index (κ1) is 17.7. The van der Waals surface area contributed by atoms with Crippen molar-refractivity contribution in [2.45, 2.75) is 31.1 Å². The second kappa shape index (κ2) is 8.29. The first-order chi connectivity index (χ1) is 11.0. The highest BCUT2D eigenvalue weighted by atomic mass is 127. The van der Waals surface area contributed by atoms with Crippen molar-refractivity contribution < 1.29 is 9.53 Å². The highest BCUT2D eigenvalue weighted by molar-refractivity contribution is 14.1. The molecule has 0 aliphatic rings. The Labute approximate surface area is 151 Å². The zero-order valence-electron chi connectivity index (χ0n) is 13.7. The average Bonchev–Trinajstić information content (AvgIpc) is 2.56. The van der Waals surface area contributed by atoms with E-state index in [1.54, 1.807) is 0 Å². The van der Waals surface area contributed by atoms with E-state index in [4.69, 9.17) is 4.74 Å². The third-order valence-electron chi connectivity index (χ3n) is 3.73. The number of alkyl halides is 1. The van der Waals surface area contributed by atoms with Gasteiger partial charge in [-0.2, -0.15) is 0 Å². The summed E-state index contributed by atoms with van der Waals surface area (Å²) in [5, 5.41) is 0. The first-order valence-electron chi connectivity index (χ1n) is 7.63. The van der Waals surface area contributed by atoms with Crippen LogP contribution in [0.1, 0.15) is 30.0 Å². The number of carbonyl (C=O) groups is 1. The molecule has 2 aromatic carbocycles. The van der Waals surface area contributed by atoms with Gasteiger partial charge in [-0.15, -0.1) is 0 Å². The topological polar surface area (TPSA) is 26.3 Å². The van der Waals surface area contributed by atoms with Crippen LogP contribution in [0.4, 0.5) is 0 Å². The van der Waals surface area contributed by atoms with Gasteiger partial charge in [0.05, 0.1) is 0 Å². The molecule has 2 aromatic rings. The van der Waals surface area contributed by atoms with Crippen molar-refractivity contribution in [3.63, 3.8) is 0 Å². The Morgan fingerprint density at radius 3 is 2.30 bits per heavy atom. The van der Waals surface area contributed by atoms with Crippen molar-refractivity contribution >= 4 is 34.1 Å². The highest BCUT2D eigenvalue weighted by Crippen LogP contribution is 2.24. The fourth-order valence-electron chi connectivity index (χ4n) is 2.32. The number of hydrogen-bond acceptors (Lipinski definition) is 2. The molecule has 2 nitrogen and oxygen atoms in total. The number of allylic oxidation sites excluding steroid dienone is 2. The number of ether oxygens (including phenoxy) is 1. The highest BCUT2D eigenvalue weighted by Gasteiger charge is 2.18. The quantitative estimate of drug-likeness (QED) is 0.276. The monoisotopic (exact) mass is 420 g/mol. The molecule has 0 aliphatic carbocycles. The maximum Gasteiger partial charge on any atom is 0.324 e. The smallest absolute Gasteiger partial charge is 0.324 e. The summed E-state index contributed by atoms with van der Waals surface area (Å²) in [5.74, 6) is 0.489. The van der Waals surface area contributed by atoms with Crippen LogP contribution in [-0.4, -0.2) is 9.89 Å². The molecule has 0 saturated carbocycles. The molecule has 2 rings (SSSR count). The van der Waals surface area contributed by atoms with Crippen LogP contribution in [0.3, 0.4) is 0 Å². The zero-order chi connectivity index (χ0) is 16.8. The largest absolute Gasteiger partial charge is 0.425 e. The van der Waals surface area contributed by atoms with E-state index < -0.39 is 0 Å². The van der Waals surface area contributed by atoms with Crippen molar-refractivity contribution in [2.24, 2.45) is 0 Å². The van der Waals surface area contributed by atoms with Crippen molar-refractivity contribution in [3.8, 4) is 5.75 Å². The van der Waals surface area contributed by atoms with Crippen LogP contribution in [0.2, 0.25) is 0 Å². The number of esters is 1. The Balaban J connectivity index is 2.01. The molecule has 0 spiro atoms. The van der Waals surface area contributed by atoms with Crippen LogP contribution in [0.5, 0.6) is 5.75 Å². The van der Waals surface area contributed by atoms with Crippen LogP contribution in [-0.2, 0) is 4.79 Å². The molecule has 120 valence electrons. The Morgan fingerprint density at radius 1 is 1.09 bits per heavy atom. The molecular formula is C20H21IO2. The number of aryl methyl sites for hydroxylation is 2. The van der Waals surface area contributed by atoms with Crippen LogP contribution >= 0.6 is 22.6 Å². The molecule has 1 unspecified atom stereocenters. The zero-order valence-corrected chi connectivity index (χ0v) is 15.8. The normalized spacial score (nSPS) is 12.8. The number of rotatable bonds is 5. The molecule has 1 atom stereocenters.